The molecule has 0 saturated heterocycles. The van der Waals surface area contributed by atoms with Gasteiger partial charge in [0.05, 0.1) is 0 Å². The molecular formula is C17H26ClN. The van der Waals surface area contributed by atoms with Gasteiger partial charge in [-0.1, -0.05) is 55.8 Å². The molecule has 1 aromatic rings. The van der Waals surface area contributed by atoms with Crippen LogP contribution >= 0.6 is 11.6 Å². The van der Waals surface area contributed by atoms with Gasteiger partial charge in [0.2, 0.25) is 0 Å². The van der Waals surface area contributed by atoms with Crippen LogP contribution in [0.5, 0.6) is 0 Å². The number of nitrogens with one attached hydrogen (secondary N) is 1. The summed E-state index contributed by atoms with van der Waals surface area (Å²) in [5.74, 6) is 0.823. The van der Waals surface area contributed by atoms with Crippen LogP contribution in [0.1, 0.15) is 50.5 Å². The fourth-order valence-electron chi connectivity index (χ4n) is 3.31. The molecule has 1 aromatic carbocycles. The van der Waals surface area contributed by atoms with Crippen LogP contribution in [0, 0.1) is 5.92 Å². The Balaban J connectivity index is 1.97. The molecule has 1 aliphatic carbocycles. The maximum Gasteiger partial charge on any atom is 0.0408 e. The first kappa shape index (κ1) is 14.9. The topological polar surface area (TPSA) is 12.0 Å². The highest BCUT2D eigenvalue weighted by Gasteiger charge is 2.21. The first-order valence-electron chi connectivity index (χ1n) is 7.71. The molecule has 0 radical (unpaired) electrons. The van der Waals surface area contributed by atoms with Crippen LogP contribution in [-0.4, -0.2) is 13.1 Å². The highest BCUT2D eigenvalue weighted by atomic mass is 35.5. The Morgan fingerprint density at radius 1 is 1.16 bits per heavy atom. The van der Waals surface area contributed by atoms with E-state index < -0.39 is 0 Å². The number of hydrogen-bond acceptors (Lipinski definition) is 1. The van der Waals surface area contributed by atoms with Gasteiger partial charge in [-0.2, -0.15) is 0 Å². The Morgan fingerprint density at radius 2 is 1.84 bits per heavy atom. The molecule has 0 heterocycles. The molecule has 1 aliphatic rings. The predicted molar refractivity (Wildman–Crippen MR) is 83.8 cm³/mol. The van der Waals surface area contributed by atoms with Crippen molar-refractivity contribution in [2.75, 3.05) is 7.05 Å². The minimum absolute atomic E-state index is 0.594. The maximum atomic E-state index is 6.08. The van der Waals surface area contributed by atoms with E-state index >= 15 is 0 Å². The molecule has 0 bridgehead atoms. The second-order valence-corrected chi connectivity index (χ2v) is 6.27. The van der Waals surface area contributed by atoms with E-state index in [4.69, 9.17) is 11.6 Å². The normalized spacial score (nSPS) is 19.7. The summed E-state index contributed by atoms with van der Waals surface area (Å²) < 4.78 is 0. The third kappa shape index (κ3) is 4.81. The second kappa shape index (κ2) is 7.91. The summed E-state index contributed by atoms with van der Waals surface area (Å²) >= 11 is 6.08. The third-order valence-corrected chi connectivity index (χ3v) is 4.67. The molecule has 1 N–H and O–H groups in total. The summed E-state index contributed by atoms with van der Waals surface area (Å²) in [4.78, 5) is 0. The highest BCUT2D eigenvalue weighted by molar-refractivity contribution is 6.30. The van der Waals surface area contributed by atoms with Crippen molar-refractivity contribution in [3.63, 3.8) is 0 Å². The van der Waals surface area contributed by atoms with Crippen LogP contribution in [0.2, 0.25) is 5.02 Å². The average molecular weight is 280 g/mol. The van der Waals surface area contributed by atoms with Crippen LogP contribution in [0.4, 0.5) is 0 Å². The van der Waals surface area contributed by atoms with E-state index in [0.717, 1.165) is 17.4 Å². The molecule has 1 saturated carbocycles. The lowest BCUT2D eigenvalue weighted by molar-refractivity contribution is 0.294. The Bertz CT molecular complexity index is 369. The Labute approximate surface area is 122 Å². The van der Waals surface area contributed by atoms with Crippen molar-refractivity contribution < 1.29 is 0 Å². The van der Waals surface area contributed by atoms with Crippen molar-refractivity contribution in [2.45, 2.75) is 57.4 Å². The van der Waals surface area contributed by atoms with Gasteiger partial charge in [-0.05, 0) is 49.9 Å². The van der Waals surface area contributed by atoms with Gasteiger partial charge in [0.15, 0.2) is 0 Å². The monoisotopic (exact) mass is 279 g/mol. The second-order valence-electron chi connectivity index (χ2n) is 5.83. The zero-order valence-electron chi connectivity index (χ0n) is 12.0. The predicted octanol–water partition coefficient (Wildman–Crippen LogP) is 4.83. The third-order valence-electron chi connectivity index (χ3n) is 4.43. The molecule has 1 unspecified atom stereocenters. The highest BCUT2D eigenvalue weighted by Crippen LogP contribution is 2.26. The van der Waals surface area contributed by atoms with E-state index in [2.05, 4.69) is 30.6 Å². The van der Waals surface area contributed by atoms with Crippen LogP contribution < -0.4 is 5.32 Å². The SMILES string of the molecule is CNC(Cc1cccc(Cl)c1)C1CCCCCCC1. The fourth-order valence-corrected chi connectivity index (χ4v) is 3.53. The summed E-state index contributed by atoms with van der Waals surface area (Å²) in [5, 5.41) is 4.40. The minimum atomic E-state index is 0.594. The standard InChI is InChI=1S/C17H26ClN/c1-19-17(13-14-8-7-11-16(18)12-14)15-9-5-3-2-4-6-10-15/h7-8,11-12,15,17,19H,2-6,9-10,13H2,1H3. The van der Waals surface area contributed by atoms with Crippen molar-refractivity contribution in [3.8, 4) is 0 Å². The minimum Gasteiger partial charge on any atom is -0.316 e. The Hall–Kier alpha value is -0.530. The van der Waals surface area contributed by atoms with Crippen LogP contribution in [0.25, 0.3) is 0 Å². The molecule has 1 nitrogen and oxygen atoms in total. The summed E-state index contributed by atoms with van der Waals surface area (Å²) in [7, 11) is 2.11. The van der Waals surface area contributed by atoms with E-state index in [9.17, 15) is 0 Å². The van der Waals surface area contributed by atoms with E-state index in [1.165, 1.54) is 50.5 Å². The van der Waals surface area contributed by atoms with Crippen LogP contribution in [0.15, 0.2) is 24.3 Å². The van der Waals surface area contributed by atoms with Gasteiger partial charge in [-0.15, -0.1) is 0 Å². The van der Waals surface area contributed by atoms with Gasteiger partial charge in [0.25, 0.3) is 0 Å². The molecule has 0 spiro atoms. The van der Waals surface area contributed by atoms with Crippen molar-refractivity contribution in [2.24, 2.45) is 5.92 Å². The number of benzene rings is 1. The summed E-state index contributed by atoms with van der Waals surface area (Å²) in [5.41, 5.74) is 1.36. The molecule has 1 atom stereocenters. The lowest BCUT2D eigenvalue weighted by Gasteiger charge is -2.28. The molecule has 2 rings (SSSR count). The molecule has 106 valence electrons. The Morgan fingerprint density at radius 3 is 2.47 bits per heavy atom. The lowest BCUT2D eigenvalue weighted by Crippen LogP contribution is -2.36. The van der Waals surface area contributed by atoms with Gasteiger partial charge in [0, 0.05) is 11.1 Å². The number of halogens is 1. The van der Waals surface area contributed by atoms with Crippen molar-refractivity contribution in [1.29, 1.82) is 0 Å². The Kier molecular flexibility index (Phi) is 6.19. The maximum absolute atomic E-state index is 6.08. The van der Waals surface area contributed by atoms with Gasteiger partial charge in [-0.25, -0.2) is 0 Å². The van der Waals surface area contributed by atoms with Gasteiger partial charge in [0.1, 0.15) is 0 Å². The summed E-state index contributed by atoms with van der Waals surface area (Å²) in [6, 6.07) is 8.91. The number of likely N-dealkylation sites (N-methyl/N-ethyl adjacent to an activating group) is 1. The van der Waals surface area contributed by atoms with E-state index in [1.807, 2.05) is 6.07 Å². The summed E-state index contributed by atoms with van der Waals surface area (Å²) in [6.45, 7) is 0. The van der Waals surface area contributed by atoms with Crippen LogP contribution in [-0.2, 0) is 6.42 Å². The number of rotatable bonds is 4. The average Bonchev–Trinajstić information content (AvgIpc) is 2.36. The molecule has 2 heteroatoms. The largest absolute Gasteiger partial charge is 0.316 e. The number of hydrogen-bond donors (Lipinski definition) is 1. The zero-order valence-corrected chi connectivity index (χ0v) is 12.8. The molecule has 19 heavy (non-hydrogen) atoms. The molecular weight excluding hydrogens is 254 g/mol. The molecule has 0 aromatic heterocycles. The van der Waals surface area contributed by atoms with E-state index in [1.54, 1.807) is 0 Å². The summed E-state index contributed by atoms with van der Waals surface area (Å²) in [6.07, 6.45) is 10.9. The fraction of sp³-hybridized carbons (Fsp3) is 0.647. The van der Waals surface area contributed by atoms with Crippen LogP contribution in [0.3, 0.4) is 0 Å². The first-order valence-corrected chi connectivity index (χ1v) is 8.09. The van der Waals surface area contributed by atoms with Gasteiger partial charge in [-0.3, -0.25) is 0 Å². The van der Waals surface area contributed by atoms with Gasteiger partial charge >= 0.3 is 0 Å². The van der Waals surface area contributed by atoms with Gasteiger partial charge < -0.3 is 5.32 Å². The van der Waals surface area contributed by atoms with Crippen molar-refractivity contribution in [1.82, 2.24) is 5.32 Å². The first-order chi connectivity index (χ1) is 9.29. The lowest BCUT2D eigenvalue weighted by atomic mass is 9.83. The zero-order chi connectivity index (χ0) is 13.5. The van der Waals surface area contributed by atoms with E-state index in [0.29, 0.717) is 6.04 Å². The van der Waals surface area contributed by atoms with Crippen molar-refractivity contribution >= 4 is 11.6 Å². The molecule has 0 amide bonds. The quantitative estimate of drug-likeness (QED) is 0.832. The molecule has 1 fully saturated rings. The molecule has 0 aliphatic heterocycles. The van der Waals surface area contributed by atoms with Crippen molar-refractivity contribution in [3.05, 3.63) is 34.9 Å². The smallest absolute Gasteiger partial charge is 0.0408 e. The van der Waals surface area contributed by atoms with E-state index in [-0.39, 0.29) is 0 Å².